The van der Waals surface area contributed by atoms with E-state index in [0.29, 0.717) is 18.6 Å². The molecule has 0 bridgehead atoms. The van der Waals surface area contributed by atoms with Gasteiger partial charge in [0.15, 0.2) is 0 Å². The maximum Gasteiger partial charge on any atom is 0.347 e. The molecule has 0 aromatic rings. The van der Waals surface area contributed by atoms with Crippen molar-refractivity contribution in [3.63, 3.8) is 0 Å². The summed E-state index contributed by atoms with van der Waals surface area (Å²) in [6.45, 7) is 10.6. The second kappa shape index (κ2) is 9.79. The van der Waals surface area contributed by atoms with Gasteiger partial charge in [-0.25, -0.2) is 9.59 Å². The van der Waals surface area contributed by atoms with E-state index in [9.17, 15) is 9.59 Å². The van der Waals surface area contributed by atoms with E-state index >= 15 is 0 Å². The second-order valence-corrected chi connectivity index (χ2v) is 5.79. The molecule has 0 aliphatic carbocycles. The van der Waals surface area contributed by atoms with Crippen LogP contribution in [0, 0.1) is 5.92 Å². The van der Waals surface area contributed by atoms with Crippen LogP contribution in [0.2, 0.25) is 0 Å². The van der Waals surface area contributed by atoms with Gasteiger partial charge in [-0.2, -0.15) is 0 Å². The number of hydrogen-bond donors (Lipinski definition) is 0. The zero-order chi connectivity index (χ0) is 16.5. The molecule has 0 spiro atoms. The Morgan fingerprint density at radius 1 is 1.05 bits per heavy atom. The normalized spacial score (nSPS) is 17.0. The molecular weight excluding hydrogens is 286 g/mol. The monoisotopic (exact) mass is 315 g/mol. The minimum Gasteiger partial charge on any atom is -0.464 e. The van der Waals surface area contributed by atoms with Gasteiger partial charge in [-0.1, -0.05) is 0 Å². The molecule has 0 N–H and O–H groups in total. The molecule has 1 rings (SSSR count). The van der Waals surface area contributed by atoms with Gasteiger partial charge in [0.25, 0.3) is 6.10 Å². The van der Waals surface area contributed by atoms with E-state index in [1.165, 1.54) is 0 Å². The van der Waals surface area contributed by atoms with Gasteiger partial charge in [-0.15, -0.1) is 0 Å². The largest absolute Gasteiger partial charge is 0.464 e. The quantitative estimate of drug-likeness (QED) is 0.501. The van der Waals surface area contributed by atoms with Crippen molar-refractivity contribution in [2.24, 2.45) is 5.92 Å². The van der Waals surface area contributed by atoms with Crippen LogP contribution in [0.1, 0.15) is 40.5 Å². The summed E-state index contributed by atoms with van der Waals surface area (Å²) < 4.78 is 15.3. The summed E-state index contributed by atoms with van der Waals surface area (Å²) in [7, 11) is 0. The summed E-state index contributed by atoms with van der Waals surface area (Å²) in [6.07, 6.45) is 0.760. The van der Waals surface area contributed by atoms with Crippen LogP contribution >= 0.6 is 0 Å². The second-order valence-electron chi connectivity index (χ2n) is 5.79. The van der Waals surface area contributed by atoms with Gasteiger partial charge < -0.3 is 19.1 Å². The number of nitrogens with zero attached hydrogens (tertiary/aromatic N) is 1. The summed E-state index contributed by atoms with van der Waals surface area (Å²) in [4.78, 5) is 26.1. The topological polar surface area (TPSA) is 65.1 Å². The Morgan fingerprint density at radius 2 is 1.55 bits per heavy atom. The molecule has 0 atom stereocenters. The standard InChI is InChI=1S/C16H29NO5/c1-5-20-15(18)14(16(19)21-6-2)22-11-13-7-9-17(10-8-13)12(3)4/h12-14H,5-11H2,1-4H3. The van der Waals surface area contributed by atoms with E-state index in [1.807, 2.05) is 0 Å². The van der Waals surface area contributed by atoms with Crippen LogP contribution in [0.4, 0.5) is 0 Å². The molecule has 0 aromatic heterocycles. The zero-order valence-corrected chi connectivity index (χ0v) is 14.2. The summed E-state index contributed by atoms with van der Waals surface area (Å²) in [5, 5.41) is 0. The van der Waals surface area contributed by atoms with Crippen molar-refractivity contribution < 1.29 is 23.8 Å². The molecule has 0 saturated carbocycles. The van der Waals surface area contributed by atoms with Gasteiger partial charge in [-0.05, 0) is 59.5 Å². The first kappa shape index (κ1) is 18.9. The number of carbonyl (C=O) groups excluding carboxylic acids is 2. The third kappa shape index (κ3) is 5.93. The molecule has 0 aromatic carbocycles. The van der Waals surface area contributed by atoms with Crippen LogP contribution in [0.5, 0.6) is 0 Å². The first-order valence-electron chi connectivity index (χ1n) is 8.18. The Labute approximate surface area is 133 Å². The fourth-order valence-electron chi connectivity index (χ4n) is 2.54. The van der Waals surface area contributed by atoms with E-state index in [-0.39, 0.29) is 13.2 Å². The van der Waals surface area contributed by atoms with Crippen LogP contribution in [-0.2, 0) is 23.8 Å². The summed E-state index contributed by atoms with van der Waals surface area (Å²) in [6, 6.07) is 0.550. The highest BCUT2D eigenvalue weighted by atomic mass is 16.6. The lowest BCUT2D eigenvalue weighted by Gasteiger charge is -2.34. The van der Waals surface area contributed by atoms with Crippen molar-refractivity contribution in [2.45, 2.75) is 52.7 Å². The number of hydrogen-bond acceptors (Lipinski definition) is 6. The van der Waals surface area contributed by atoms with Crippen LogP contribution in [0.25, 0.3) is 0 Å². The molecule has 1 fully saturated rings. The minimum absolute atomic E-state index is 0.213. The lowest BCUT2D eigenvalue weighted by Crippen LogP contribution is -2.41. The van der Waals surface area contributed by atoms with Gasteiger partial charge in [-0.3, -0.25) is 0 Å². The highest BCUT2D eigenvalue weighted by Gasteiger charge is 2.32. The van der Waals surface area contributed by atoms with Gasteiger partial charge in [0.05, 0.1) is 19.8 Å². The molecule has 1 aliphatic rings. The predicted octanol–water partition coefficient (Wildman–Crippen LogP) is 1.62. The smallest absolute Gasteiger partial charge is 0.347 e. The number of esters is 2. The molecular formula is C16H29NO5. The van der Waals surface area contributed by atoms with E-state index in [0.717, 1.165) is 25.9 Å². The minimum atomic E-state index is -1.26. The van der Waals surface area contributed by atoms with Gasteiger partial charge >= 0.3 is 11.9 Å². The number of likely N-dealkylation sites (tertiary alicyclic amines) is 1. The molecule has 0 radical (unpaired) electrons. The average molecular weight is 315 g/mol. The average Bonchev–Trinajstić information content (AvgIpc) is 2.48. The van der Waals surface area contributed by atoms with E-state index in [1.54, 1.807) is 13.8 Å². The van der Waals surface area contributed by atoms with Crippen LogP contribution in [0.15, 0.2) is 0 Å². The Morgan fingerprint density at radius 3 is 1.95 bits per heavy atom. The SMILES string of the molecule is CCOC(=O)C(OCC1CCN(C(C)C)CC1)C(=O)OCC. The van der Waals surface area contributed by atoms with Gasteiger partial charge in [0, 0.05) is 6.04 Å². The summed E-state index contributed by atoms with van der Waals surface area (Å²) in [5.41, 5.74) is 0. The predicted molar refractivity (Wildman–Crippen MR) is 82.4 cm³/mol. The van der Waals surface area contributed by atoms with Crippen molar-refractivity contribution >= 4 is 11.9 Å². The van der Waals surface area contributed by atoms with Crippen molar-refractivity contribution in [3.8, 4) is 0 Å². The molecule has 1 aliphatic heterocycles. The Hall–Kier alpha value is -1.14. The van der Waals surface area contributed by atoms with E-state index in [2.05, 4.69) is 18.7 Å². The molecule has 22 heavy (non-hydrogen) atoms. The number of ether oxygens (including phenoxy) is 3. The number of carbonyl (C=O) groups is 2. The van der Waals surface area contributed by atoms with Gasteiger partial charge in [0.2, 0.25) is 0 Å². The summed E-state index contributed by atoms with van der Waals surface area (Å²) >= 11 is 0. The van der Waals surface area contributed by atoms with Crippen molar-refractivity contribution in [1.29, 1.82) is 0 Å². The molecule has 128 valence electrons. The molecule has 0 unspecified atom stereocenters. The van der Waals surface area contributed by atoms with Gasteiger partial charge in [0.1, 0.15) is 0 Å². The van der Waals surface area contributed by atoms with Crippen LogP contribution in [-0.4, -0.2) is 61.9 Å². The van der Waals surface area contributed by atoms with E-state index < -0.39 is 18.0 Å². The van der Waals surface area contributed by atoms with E-state index in [4.69, 9.17) is 14.2 Å². The Bertz CT molecular complexity index is 332. The van der Waals surface area contributed by atoms with Crippen molar-refractivity contribution in [2.75, 3.05) is 32.9 Å². The highest BCUT2D eigenvalue weighted by molar-refractivity contribution is 5.98. The molecule has 1 saturated heterocycles. The zero-order valence-electron chi connectivity index (χ0n) is 14.2. The molecule has 6 nitrogen and oxygen atoms in total. The fourth-order valence-corrected chi connectivity index (χ4v) is 2.54. The lowest BCUT2D eigenvalue weighted by atomic mass is 9.97. The Balaban J connectivity index is 2.46. The Kier molecular flexibility index (Phi) is 8.42. The highest BCUT2D eigenvalue weighted by Crippen LogP contribution is 2.20. The lowest BCUT2D eigenvalue weighted by molar-refractivity contribution is -0.174. The van der Waals surface area contributed by atoms with Crippen LogP contribution < -0.4 is 0 Å². The third-order valence-corrected chi connectivity index (χ3v) is 3.88. The third-order valence-electron chi connectivity index (χ3n) is 3.88. The van der Waals surface area contributed by atoms with Crippen molar-refractivity contribution in [1.82, 2.24) is 4.90 Å². The summed E-state index contributed by atoms with van der Waals surface area (Å²) in [5.74, 6) is -0.970. The number of piperidine rings is 1. The fraction of sp³-hybridized carbons (Fsp3) is 0.875. The first-order valence-corrected chi connectivity index (χ1v) is 8.18. The maximum atomic E-state index is 11.8. The van der Waals surface area contributed by atoms with Crippen LogP contribution in [0.3, 0.4) is 0 Å². The molecule has 1 heterocycles. The first-order chi connectivity index (χ1) is 10.5. The maximum absolute atomic E-state index is 11.8. The van der Waals surface area contributed by atoms with Crippen molar-refractivity contribution in [3.05, 3.63) is 0 Å². The molecule has 0 amide bonds. The number of rotatable bonds is 8. The molecule has 6 heteroatoms.